The Morgan fingerprint density at radius 2 is 0.817 bits per heavy atom. The van der Waals surface area contributed by atoms with Gasteiger partial charge in [0.2, 0.25) is 36.5 Å². The number of carbonyl (C=O) groups is 13. The summed E-state index contributed by atoms with van der Waals surface area (Å²) >= 11 is 0. The molecule has 0 spiro atoms. The number of methoxy groups -OCH3 is 6. The van der Waals surface area contributed by atoms with E-state index in [4.69, 9.17) is 10.2 Å². The van der Waals surface area contributed by atoms with Crippen molar-refractivity contribution in [2.75, 3.05) is 111 Å². The molecule has 71 heavy (non-hydrogen) atoms. The summed E-state index contributed by atoms with van der Waals surface area (Å²) in [6.07, 6.45) is -2.32. The lowest BCUT2D eigenvalue weighted by Gasteiger charge is -2.03. The van der Waals surface area contributed by atoms with Crippen LogP contribution in [-0.2, 0) is 85.8 Å². The summed E-state index contributed by atoms with van der Waals surface area (Å²) in [7, 11) is 14.2. The third-order valence-electron chi connectivity index (χ3n) is 4.94. The molecule has 0 saturated carbocycles. The number of ketones is 3. The Kier molecular flexibility index (Phi) is 80.2. The summed E-state index contributed by atoms with van der Waals surface area (Å²) in [5.41, 5.74) is 0. The Balaban J connectivity index is -0.0000000883. The largest absolute Gasteiger partial charge is 0.510 e. The molecule has 0 heterocycles. The van der Waals surface area contributed by atoms with Gasteiger partial charge < -0.3 is 90.5 Å². The van der Waals surface area contributed by atoms with Crippen molar-refractivity contribution < 1.29 is 110 Å². The summed E-state index contributed by atoms with van der Waals surface area (Å²) in [6.45, 7) is 8.69. The second-order valence-electron chi connectivity index (χ2n) is 11.1. The highest BCUT2D eigenvalue weighted by molar-refractivity contribution is 5.97. The van der Waals surface area contributed by atoms with Crippen molar-refractivity contribution in [3.63, 3.8) is 0 Å². The highest BCUT2D eigenvalue weighted by atomic mass is 16.8. The van der Waals surface area contributed by atoms with Crippen LogP contribution in [0, 0.1) is 5.41 Å². The first kappa shape index (κ1) is 83.0. The van der Waals surface area contributed by atoms with Crippen molar-refractivity contribution in [1.29, 1.82) is 5.41 Å². The maximum absolute atomic E-state index is 10.4. The lowest BCUT2D eigenvalue weighted by Crippen LogP contribution is -2.37. The van der Waals surface area contributed by atoms with Gasteiger partial charge in [0.25, 0.3) is 0 Å². The molecule has 0 radical (unpaired) electrons. The van der Waals surface area contributed by atoms with E-state index in [1.54, 1.807) is 28.3 Å². The van der Waals surface area contributed by atoms with Gasteiger partial charge in [0.05, 0.1) is 54.9 Å². The Bertz CT molecular complexity index is 1410. The number of urea groups is 1. The van der Waals surface area contributed by atoms with Gasteiger partial charge in [0.15, 0.2) is 5.78 Å². The minimum Gasteiger partial charge on any atom is -0.458 e. The van der Waals surface area contributed by atoms with Gasteiger partial charge in [-0.15, -0.1) is 0 Å². The summed E-state index contributed by atoms with van der Waals surface area (Å²) in [4.78, 5) is 141. The van der Waals surface area contributed by atoms with Crippen LogP contribution in [0.4, 0.5) is 24.0 Å². The number of Topliss-reactive ketones (excluding diaryl/α,β-unsaturated/α-hetero) is 3. The molecule has 0 aromatic heterocycles. The first-order valence-corrected chi connectivity index (χ1v) is 19.3. The molecule has 0 aliphatic rings. The van der Waals surface area contributed by atoms with E-state index in [9.17, 15) is 62.3 Å². The molecule has 0 aliphatic heterocycles. The van der Waals surface area contributed by atoms with E-state index in [0.29, 0.717) is 13.5 Å². The number of isocyanates is 1. The van der Waals surface area contributed by atoms with Crippen LogP contribution >= 0.6 is 0 Å². The zero-order chi connectivity index (χ0) is 57.6. The molecule has 0 aromatic carbocycles. The molecular weight excluding hydrogens is 964 g/mol. The molecule has 10 N–H and O–H groups in total. The summed E-state index contributed by atoms with van der Waals surface area (Å²) in [6, 6.07) is -0.167. The smallest absolute Gasteiger partial charge is 0.458 e. The van der Waals surface area contributed by atoms with Gasteiger partial charge in [-0.2, -0.15) is 0 Å². The van der Waals surface area contributed by atoms with E-state index in [0.717, 1.165) is 20.3 Å². The van der Waals surface area contributed by atoms with Crippen molar-refractivity contribution in [1.82, 2.24) is 47.9 Å². The first-order valence-electron chi connectivity index (χ1n) is 19.3. The average Bonchev–Trinajstić information content (AvgIpc) is 3.30. The van der Waals surface area contributed by atoms with Crippen LogP contribution < -0.4 is 47.9 Å². The van der Waals surface area contributed by atoms with Crippen LogP contribution in [0.3, 0.4) is 0 Å². The lowest BCUT2D eigenvalue weighted by molar-refractivity contribution is -0.145. The number of esters is 1. The lowest BCUT2D eigenvalue weighted by atomic mass is 10.2. The maximum atomic E-state index is 10.4. The van der Waals surface area contributed by atoms with Gasteiger partial charge in [-0.3, -0.25) is 38.4 Å². The molecule has 0 saturated heterocycles. The van der Waals surface area contributed by atoms with Crippen LogP contribution in [-0.4, -0.2) is 195 Å². The Morgan fingerprint density at radius 3 is 1.01 bits per heavy atom. The van der Waals surface area contributed by atoms with E-state index in [1.165, 1.54) is 69.9 Å². The number of alkyl carbamates (subject to hydrolysis) is 2. The predicted molar refractivity (Wildman–Crippen MR) is 245 cm³/mol. The number of hydrogen-bond donors (Lipinski definition) is 10. The third-order valence-corrected chi connectivity index (χ3v) is 4.94. The fourth-order valence-electron chi connectivity index (χ4n) is 2.12. The number of hydrogen-bond acceptors (Lipinski definition) is 25. The Morgan fingerprint density at radius 1 is 0.451 bits per heavy atom. The van der Waals surface area contributed by atoms with Crippen molar-refractivity contribution in [2.45, 2.75) is 54.4 Å². The van der Waals surface area contributed by atoms with Crippen molar-refractivity contribution in [2.24, 2.45) is 0 Å². The van der Waals surface area contributed by atoms with Crippen LogP contribution in [0.1, 0.15) is 54.4 Å². The van der Waals surface area contributed by atoms with E-state index in [1.807, 2.05) is 0 Å². The fourth-order valence-corrected chi connectivity index (χ4v) is 2.12. The van der Waals surface area contributed by atoms with Gasteiger partial charge in [0, 0.05) is 56.1 Å². The molecule has 0 atom stereocenters. The standard InChI is InChI=1S/C5H10N2O4.2C5H10N2O2.C5H8O6.C5H8O3.C5H8O2.C4H11N3O.C3H8O2.CHNO/c1-10-4(8)6-3-7-5(9)11-2;1-6-4(8)3-5(9)7-2;1-4(8)6-3-7-5(2)9;1-8-4(6)10-3-11-5(7)9-2;1-4(6)3-8-5(2)7;1-4(6)3-5(2)7;1-5-3-7-4(8)6-2;1-4-3-5-2;2-1-3/h3H2,1-2H3,(H,6,8)(H,7,9);2*3H2,1-2H3,(H,6,8)(H,7,9);3H2,1-2H3;3H2,1-2H3;3H2,1-2H3;5H,3H2,1-2H3,(H2,6,7,8);3H2,1-2H3;2H. The van der Waals surface area contributed by atoms with Crippen molar-refractivity contribution >= 4 is 83.6 Å². The van der Waals surface area contributed by atoms with Gasteiger partial charge in [-0.05, 0) is 27.8 Å². The van der Waals surface area contributed by atoms with E-state index in [-0.39, 0.29) is 79.8 Å². The monoisotopic (exact) mass is 1040 g/mol. The Hall–Kier alpha value is -8.03. The molecule has 0 rings (SSSR count). The molecule has 414 valence electrons. The van der Waals surface area contributed by atoms with Crippen LogP contribution in [0.25, 0.3) is 0 Å². The molecule has 0 unspecified atom stereocenters. The van der Waals surface area contributed by atoms with Gasteiger partial charge in [-0.25, -0.2) is 34.2 Å². The number of nitrogens with one attached hydrogen (secondary N) is 10. The minimum atomic E-state index is -0.922. The van der Waals surface area contributed by atoms with Gasteiger partial charge >= 0.3 is 36.5 Å². The normalized spacial score (nSPS) is 8.00. The predicted octanol–water partition coefficient (Wildman–Crippen LogP) is -1.83. The molecule has 0 bridgehead atoms. The van der Waals surface area contributed by atoms with Crippen LogP contribution in [0.2, 0.25) is 0 Å². The van der Waals surface area contributed by atoms with E-state index in [2.05, 4.69) is 90.5 Å². The van der Waals surface area contributed by atoms with Crippen LogP contribution in [0.15, 0.2) is 0 Å². The third kappa shape index (κ3) is 121. The fraction of sp³-hybridized carbons (Fsp3) is 0.632. The van der Waals surface area contributed by atoms with E-state index >= 15 is 0 Å². The first-order chi connectivity index (χ1) is 33.1. The maximum Gasteiger partial charge on any atom is 0.510 e. The second kappa shape index (κ2) is 68.5. The van der Waals surface area contributed by atoms with Crippen molar-refractivity contribution in [3.8, 4) is 0 Å². The quantitative estimate of drug-likeness (QED) is 0.0203. The second-order valence-corrected chi connectivity index (χ2v) is 11.1. The number of rotatable bonds is 16. The zero-order valence-corrected chi connectivity index (χ0v) is 43.0. The van der Waals surface area contributed by atoms with Crippen LogP contribution in [0.5, 0.6) is 0 Å². The van der Waals surface area contributed by atoms with E-state index < -0.39 is 37.3 Å². The molecule has 33 nitrogen and oxygen atoms in total. The zero-order valence-electron chi connectivity index (χ0n) is 43.0. The van der Waals surface area contributed by atoms with Gasteiger partial charge in [0.1, 0.15) is 31.4 Å². The molecule has 0 aromatic rings. The SMILES string of the molecule is CC(=O)CC(C)=O.CC(=O)COC(C)=O.CC(=O)NCNC(C)=O.CNC(=O)CC(=O)NC.CNCNC(=O)NC.COC(=O)NCNC(=O)OC.COC(=O)OCOC(=O)OC.COCOC.N=C=O. The average molecular weight is 1040 g/mol. The highest BCUT2D eigenvalue weighted by Gasteiger charge is 2.04. The Labute approximate surface area is 411 Å². The molecule has 33 heteroatoms. The molecule has 0 fully saturated rings. The summed E-state index contributed by atoms with van der Waals surface area (Å²) in [5, 5.41) is 27.0. The summed E-state index contributed by atoms with van der Waals surface area (Å²) in [5.74, 6) is -1.52. The minimum absolute atomic E-state index is 0.0145. The number of ether oxygens (including phenoxy) is 9. The summed E-state index contributed by atoms with van der Waals surface area (Å²) < 4.78 is 38.2. The topological polar surface area (TPSA) is 454 Å². The van der Waals surface area contributed by atoms with Gasteiger partial charge in [-0.1, -0.05) is 0 Å². The highest BCUT2D eigenvalue weighted by Crippen LogP contribution is 1.86. The van der Waals surface area contributed by atoms with Crippen molar-refractivity contribution in [3.05, 3.63) is 0 Å². The number of carbonyl (C=O) groups excluding carboxylic acids is 14. The molecule has 8 amide bonds. The molecule has 0 aliphatic carbocycles. The number of amides is 8. The molecular formula is C38H74N10O23.